The molecule has 0 saturated carbocycles. The monoisotopic (exact) mass is 1570 g/mol. The van der Waals surface area contributed by atoms with E-state index in [1.165, 1.54) is 138 Å². The molecule has 9 aliphatic rings. The van der Waals surface area contributed by atoms with Crippen molar-refractivity contribution in [3.63, 3.8) is 0 Å². The first-order valence-corrected chi connectivity index (χ1v) is 44.7. The number of piperidine rings is 5. The molecule has 4 aromatic carbocycles. The van der Waals surface area contributed by atoms with E-state index >= 15 is 0 Å². The lowest BCUT2D eigenvalue weighted by atomic mass is 9.83. The number of para-hydroxylation sites is 3. The van der Waals surface area contributed by atoms with Crippen LogP contribution < -0.4 is 35.8 Å². The number of ether oxygens (including phenoxy) is 1. The maximum absolute atomic E-state index is 12.8. The van der Waals surface area contributed by atoms with Gasteiger partial charge >= 0.3 is 24.1 Å². The van der Waals surface area contributed by atoms with Gasteiger partial charge in [-0.15, -0.1) is 0 Å². The molecule has 0 bridgehead atoms. The van der Waals surface area contributed by atoms with Gasteiger partial charge in [0.25, 0.3) is 0 Å². The van der Waals surface area contributed by atoms with E-state index in [1.54, 1.807) is 65.4 Å². The number of hydrogen-bond acceptors (Lipinski definition) is 16. The number of hydrogen-bond donors (Lipinski definition) is 4. The smallest absolute Gasteiger partial charge is 0.317 e. The number of carbonyl (C=O) groups excluding carboxylic acids is 5. The van der Waals surface area contributed by atoms with Crippen molar-refractivity contribution in [2.45, 2.75) is 151 Å². The van der Waals surface area contributed by atoms with Crippen LogP contribution >= 0.6 is 0 Å². The number of amides is 8. The Kier molecular flexibility index (Phi) is 34.4. The van der Waals surface area contributed by atoms with Crippen LogP contribution in [0.4, 0.5) is 30.6 Å². The highest BCUT2D eigenvalue weighted by molar-refractivity contribution is 7.89. The number of Topliss-reactive ketones (excluding diaryl/α,β-unsaturated/α-hetero) is 1. The van der Waals surface area contributed by atoms with Gasteiger partial charge in [-0.1, -0.05) is 91.4 Å². The molecule has 111 heavy (non-hydrogen) atoms. The Morgan fingerprint density at radius 1 is 0.378 bits per heavy atom. The molecule has 4 aromatic rings. The Balaban J connectivity index is 0.000000157. The minimum absolute atomic E-state index is 0.0233. The third-order valence-corrected chi connectivity index (χ3v) is 27.2. The number of benzene rings is 4. The van der Waals surface area contributed by atoms with E-state index in [2.05, 4.69) is 68.9 Å². The summed E-state index contributed by atoms with van der Waals surface area (Å²) in [5.41, 5.74) is 3.86. The number of likely N-dealkylation sites (tertiary alicyclic amines) is 5. The topological polar surface area (TPSA) is 250 Å². The first kappa shape index (κ1) is 86.1. The summed E-state index contributed by atoms with van der Waals surface area (Å²) in [6.07, 6.45) is 21.8. The highest BCUT2D eigenvalue weighted by Gasteiger charge is 2.50. The van der Waals surface area contributed by atoms with Crippen molar-refractivity contribution in [2.75, 3.05) is 220 Å². The Morgan fingerprint density at radius 2 is 0.703 bits per heavy atom. The highest BCUT2D eigenvalue weighted by atomic mass is 32.2. The zero-order valence-electron chi connectivity index (χ0n) is 66.9. The zero-order chi connectivity index (χ0) is 78.3. The summed E-state index contributed by atoms with van der Waals surface area (Å²) in [4.78, 5) is 84.8. The molecule has 9 saturated heterocycles. The molecule has 0 aromatic heterocycles. The molecule has 9 heterocycles. The van der Waals surface area contributed by atoms with Gasteiger partial charge in [-0.2, -0.15) is 8.61 Å². The molecule has 9 fully saturated rings. The standard InChI is InChI=1S/C23H34N4O2.2C20H32N4O3S.C20H32N4O2/c28-21-10-17-27(20-8-3-1-4-9-20)23(21)11-18-26(19-12-23)22(29)24-13-7-16-25-14-5-2-6-15-25;2*1-18-6-8-19(9-7-18)28(26,27)24-16-14-23(15-17-24)20(25)21-10-5-13-22-11-3-2-4-12-22;1-26-19-9-4-3-8-18(19)23-14-16-24(17-15-23)20(25)21-10-7-13-22-11-5-2-6-12-22/h1,3-4,8-9H,2,5-7,10-19H2,(H,24,29);2*6-9H,2-5,10-17H2,1H3,(H,21,25);3-4,8-9H,2,5-7,10-17H2,1H3,(H,21,25). The summed E-state index contributed by atoms with van der Waals surface area (Å²) in [6.45, 7) is 28.7. The summed E-state index contributed by atoms with van der Waals surface area (Å²) in [6, 6.07) is 32.0. The minimum Gasteiger partial charge on any atom is -0.495 e. The van der Waals surface area contributed by atoms with Gasteiger partial charge in [-0.3, -0.25) is 4.79 Å². The van der Waals surface area contributed by atoms with Crippen LogP contribution in [0.5, 0.6) is 5.75 Å². The quantitative estimate of drug-likeness (QED) is 0.0506. The van der Waals surface area contributed by atoms with Gasteiger partial charge < -0.3 is 75.0 Å². The maximum atomic E-state index is 12.8. The van der Waals surface area contributed by atoms with E-state index in [4.69, 9.17) is 4.74 Å². The first-order chi connectivity index (χ1) is 53.9. The number of aryl methyl sites for hydroxylation is 2. The Bertz CT molecular complexity index is 3570. The average molecular weight is 1580 g/mol. The SMILES string of the molecule is COc1ccccc1N1CCN(C(=O)NCCCN2CCCCC2)CC1.Cc1ccc(S(=O)(=O)N2CCN(C(=O)NCCCN3CCCCC3)CC2)cc1.Cc1ccc(S(=O)(=O)N2CCN(C(=O)NCCCN3CCCCC3)CC2)cc1.O=C(NCCCN1CCCCC1)N1CCC2(CC1)C(=O)CCN2c1ccccc1. The van der Waals surface area contributed by atoms with Gasteiger partial charge in [-0.25, -0.2) is 36.0 Å². The van der Waals surface area contributed by atoms with Crippen LogP contribution in [0.25, 0.3) is 0 Å². The number of urea groups is 4. The number of rotatable bonds is 23. The van der Waals surface area contributed by atoms with Crippen LogP contribution in [-0.4, -0.2) is 310 Å². The van der Waals surface area contributed by atoms with Crippen molar-refractivity contribution in [3.8, 4) is 5.75 Å². The van der Waals surface area contributed by atoms with Crippen LogP contribution in [-0.2, 0) is 24.8 Å². The maximum Gasteiger partial charge on any atom is 0.317 e. The lowest BCUT2D eigenvalue weighted by Crippen LogP contribution is -2.58. The minimum atomic E-state index is -3.49. The summed E-state index contributed by atoms with van der Waals surface area (Å²) in [5.74, 6) is 1.23. The van der Waals surface area contributed by atoms with Gasteiger partial charge in [-0.05, 0) is 231 Å². The molecule has 8 amide bonds. The number of methoxy groups -OCH3 is 1. The van der Waals surface area contributed by atoms with Gasteiger partial charge in [0, 0.05) is 136 Å². The highest BCUT2D eigenvalue weighted by Crippen LogP contribution is 2.39. The first-order valence-electron chi connectivity index (χ1n) is 41.8. The molecule has 13 rings (SSSR count). The predicted octanol–water partition coefficient (Wildman–Crippen LogP) is 9.06. The number of ketones is 1. The molecule has 0 atom stereocenters. The number of carbonyl (C=O) groups is 5. The molecule has 9 aliphatic heterocycles. The van der Waals surface area contributed by atoms with Crippen molar-refractivity contribution >= 4 is 61.3 Å². The van der Waals surface area contributed by atoms with Crippen LogP contribution in [0.1, 0.15) is 133 Å². The zero-order valence-corrected chi connectivity index (χ0v) is 68.6. The molecule has 0 radical (unpaired) electrons. The molecule has 0 unspecified atom stereocenters. The molecule has 614 valence electrons. The van der Waals surface area contributed by atoms with E-state index in [9.17, 15) is 40.8 Å². The second-order valence-electron chi connectivity index (χ2n) is 31.2. The third kappa shape index (κ3) is 25.8. The molecule has 28 heteroatoms. The third-order valence-electron chi connectivity index (χ3n) is 23.4. The predicted molar refractivity (Wildman–Crippen MR) is 440 cm³/mol. The fourth-order valence-electron chi connectivity index (χ4n) is 16.6. The molecule has 0 aliphatic carbocycles. The van der Waals surface area contributed by atoms with Crippen LogP contribution in [0.3, 0.4) is 0 Å². The van der Waals surface area contributed by atoms with Crippen molar-refractivity contribution in [2.24, 2.45) is 0 Å². The second-order valence-corrected chi connectivity index (χ2v) is 35.1. The molecule has 4 N–H and O–H groups in total. The van der Waals surface area contributed by atoms with Crippen LogP contribution in [0.2, 0.25) is 0 Å². The largest absolute Gasteiger partial charge is 0.495 e. The lowest BCUT2D eigenvalue weighted by molar-refractivity contribution is -0.123. The number of piperazine rings is 3. The van der Waals surface area contributed by atoms with Crippen molar-refractivity contribution in [1.82, 2.24) is 69.1 Å². The van der Waals surface area contributed by atoms with Crippen LogP contribution in [0, 0.1) is 13.8 Å². The van der Waals surface area contributed by atoms with E-state index in [1.807, 2.05) is 60.0 Å². The summed E-state index contributed by atoms with van der Waals surface area (Å²) >= 11 is 0. The Hall–Kier alpha value is -7.31. The number of nitrogens with zero attached hydrogens (tertiary/aromatic N) is 12. The van der Waals surface area contributed by atoms with Gasteiger partial charge in [0.05, 0.1) is 22.6 Å². The summed E-state index contributed by atoms with van der Waals surface area (Å²) in [7, 11) is -5.28. The van der Waals surface area contributed by atoms with Gasteiger partial charge in [0.15, 0.2) is 5.78 Å². The second kappa shape index (κ2) is 44.4. The molecule has 1 spiro atoms. The van der Waals surface area contributed by atoms with Crippen LogP contribution in [0.15, 0.2) is 113 Å². The van der Waals surface area contributed by atoms with E-state index < -0.39 is 25.6 Å². The normalized spacial score (nSPS) is 20.0. The van der Waals surface area contributed by atoms with Gasteiger partial charge in [0.1, 0.15) is 11.3 Å². The van der Waals surface area contributed by atoms with E-state index in [0.717, 1.165) is 139 Å². The van der Waals surface area contributed by atoms with E-state index in [-0.39, 0.29) is 24.1 Å². The Labute approximate surface area is 663 Å². The van der Waals surface area contributed by atoms with Crippen molar-refractivity contribution in [1.29, 1.82) is 0 Å². The molecule has 26 nitrogen and oxygen atoms in total. The molecular weight excluding hydrogens is 1450 g/mol. The molecular formula is C83H130N16O10S2. The average Bonchev–Trinajstić information content (AvgIpc) is 1.60. The number of nitrogens with one attached hydrogen (secondary N) is 4. The fraction of sp³-hybridized carbons (Fsp3) is 0.651. The van der Waals surface area contributed by atoms with Crippen molar-refractivity contribution in [3.05, 3.63) is 114 Å². The Morgan fingerprint density at radius 3 is 1.05 bits per heavy atom. The summed E-state index contributed by atoms with van der Waals surface area (Å²) < 4.78 is 59.3. The van der Waals surface area contributed by atoms with Gasteiger partial charge in [0.2, 0.25) is 20.0 Å². The summed E-state index contributed by atoms with van der Waals surface area (Å²) in [5, 5.41) is 12.1. The van der Waals surface area contributed by atoms with Crippen molar-refractivity contribution < 1.29 is 45.5 Å². The number of sulfonamides is 2. The fourth-order valence-corrected chi connectivity index (χ4v) is 19.5. The lowest BCUT2D eigenvalue weighted by Gasteiger charge is -2.44. The number of anilines is 2. The van der Waals surface area contributed by atoms with E-state index in [0.29, 0.717) is 101 Å².